The summed E-state index contributed by atoms with van der Waals surface area (Å²) >= 11 is 0. The number of morpholine rings is 1. The Labute approximate surface area is 86.8 Å². The lowest BCUT2D eigenvalue weighted by atomic mass is 9.96. The van der Waals surface area contributed by atoms with Crippen molar-refractivity contribution in [3.05, 3.63) is 0 Å². The molecule has 0 bridgehead atoms. The Bertz CT molecular complexity index is 146. The fourth-order valence-corrected chi connectivity index (χ4v) is 1.56. The number of hydrogen-bond donors (Lipinski definition) is 2. The minimum atomic E-state index is 0.567. The third kappa shape index (κ3) is 3.92. The van der Waals surface area contributed by atoms with Gasteiger partial charge in [0.05, 0.1) is 13.2 Å². The predicted octanol–water partition coefficient (Wildman–Crippen LogP) is 0.0541. The summed E-state index contributed by atoms with van der Waals surface area (Å²) in [6.45, 7) is 9.81. The van der Waals surface area contributed by atoms with Crippen LogP contribution in [0.1, 0.15) is 13.8 Å². The molecule has 0 aromatic rings. The van der Waals surface area contributed by atoms with Crippen molar-refractivity contribution in [2.24, 2.45) is 17.6 Å². The van der Waals surface area contributed by atoms with E-state index in [4.69, 9.17) is 10.5 Å². The molecular formula is C10H23N3O. The number of nitrogens with zero attached hydrogens (tertiary/aromatic N) is 1. The zero-order valence-corrected chi connectivity index (χ0v) is 9.33. The van der Waals surface area contributed by atoms with E-state index >= 15 is 0 Å². The highest BCUT2D eigenvalue weighted by Crippen LogP contribution is 2.07. The third-order valence-corrected chi connectivity index (χ3v) is 2.83. The summed E-state index contributed by atoms with van der Waals surface area (Å²) in [5, 5.41) is 2.23. The summed E-state index contributed by atoms with van der Waals surface area (Å²) in [6, 6.07) is 0. The Morgan fingerprint density at radius 2 is 2.00 bits per heavy atom. The van der Waals surface area contributed by atoms with Crippen molar-refractivity contribution in [3.8, 4) is 0 Å². The largest absolute Gasteiger partial charge is 0.379 e. The van der Waals surface area contributed by atoms with Gasteiger partial charge in [0.25, 0.3) is 0 Å². The van der Waals surface area contributed by atoms with Crippen LogP contribution in [0.4, 0.5) is 0 Å². The lowest BCUT2D eigenvalue weighted by molar-refractivity contribution is 0.00831. The molecule has 0 aromatic carbocycles. The van der Waals surface area contributed by atoms with Crippen molar-refractivity contribution in [2.75, 3.05) is 39.4 Å². The molecule has 0 spiro atoms. The van der Waals surface area contributed by atoms with E-state index in [0.29, 0.717) is 11.8 Å². The van der Waals surface area contributed by atoms with E-state index < -0.39 is 0 Å². The first-order chi connectivity index (χ1) is 6.74. The molecule has 84 valence electrons. The van der Waals surface area contributed by atoms with Gasteiger partial charge in [-0.15, -0.1) is 0 Å². The Morgan fingerprint density at radius 1 is 1.36 bits per heavy atom. The van der Waals surface area contributed by atoms with Gasteiger partial charge in [0.15, 0.2) is 0 Å². The number of hydrogen-bond acceptors (Lipinski definition) is 4. The zero-order valence-electron chi connectivity index (χ0n) is 9.33. The maximum Gasteiger partial charge on any atom is 0.0608 e. The summed E-state index contributed by atoms with van der Waals surface area (Å²) < 4.78 is 5.27. The fourth-order valence-electron chi connectivity index (χ4n) is 1.56. The normalized spacial score (nSPS) is 21.4. The summed E-state index contributed by atoms with van der Waals surface area (Å²) in [5.41, 5.74) is 9.13. The molecule has 1 aliphatic heterocycles. The maximum absolute atomic E-state index is 5.71. The van der Waals surface area contributed by atoms with Crippen LogP contribution in [-0.4, -0.2) is 44.4 Å². The lowest BCUT2D eigenvalue weighted by Gasteiger charge is -2.30. The second-order valence-electron chi connectivity index (χ2n) is 4.20. The summed E-state index contributed by atoms with van der Waals surface area (Å²) in [4.78, 5) is 0. The second-order valence-corrected chi connectivity index (χ2v) is 4.20. The van der Waals surface area contributed by atoms with Gasteiger partial charge in [0.2, 0.25) is 0 Å². The Morgan fingerprint density at radius 3 is 2.50 bits per heavy atom. The molecule has 0 aliphatic carbocycles. The summed E-state index contributed by atoms with van der Waals surface area (Å²) in [5.74, 6) is 1.21. The molecular weight excluding hydrogens is 178 g/mol. The first kappa shape index (κ1) is 11.9. The molecule has 4 heteroatoms. The number of rotatable bonds is 5. The molecule has 1 atom stereocenters. The van der Waals surface area contributed by atoms with Gasteiger partial charge in [-0.25, -0.2) is 5.01 Å². The topological polar surface area (TPSA) is 50.5 Å². The van der Waals surface area contributed by atoms with Gasteiger partial charge in [-0.3, -0.25) is 5.43 Å². The van der Waals surface area contributed by atoms with Crippen molar-refractivity contribution in [1.82, 2.24) is 10.4 Å². The smallest absolute Gasteiger partial charge is 0.0608 e. The Hall–Kier alpha value is -0.160. The van der Waals surface area contributed by atoms with Crippen molar-refractivity contribution in [3.63, 3.8) is 0 Å². The average molecular weight is 201 g/mol. The van der Waals surface area contributed by atoms with Crippen LogP contribution in [0.2, 0.25) is 0 Å². The first-order valence-corrected chi connectivity index (χ1v) is 5.50. The van der Waals surface area contributed by atoms with Crippen molar-refractivity contribution < 1.29 is 4.74 Å². The van der Waals surface area contributed by atoms with Gasteiger partial charge in [0.1, 0.15) is 0 Å². The van der Waals surface area contributed by atoms with Crippen LogP contribution in [0, 0.1) is 11.8 Å². The van der Waals surface area contributed by atoms with E-state index in [9.17, 15) is 0 Å². The van der Waals surface area contributed by atoms with Crippen LogP contribution in [0.25, 0.3) is 0 Å². The minimum absolute atomic E-state index is 0.567. The number of ether oxygens (including phenoxy) is 1. The third-order valence-electron chi connectivity index (χ3n) is 2.83. The van der Waals surface area contributed by atoms with E-state index in [1.807, 2.05) is 0 Å². The lowest BCUT2D eigenvalue weighted by Crippen LogP contribution is -2.48. The molecule has 1 rings (SSSR count). The predicted molar refractivity (Wildman–Crippen MR) is 57.8 cm³/mol. The van der Waals surface area contributed by atoms with Crippen LogP contribution in [0.15, 0.2) is 0 Å². The van der Waals surface area contributed by atoms with Crippen molar-refractivity contribution >= 4 is 0 Å². The van der Waals surface area contributed by atoms with Gasteiger partial charge in [-0.1, -0.05) is 13.8 Å². The quantitative estimate of drug-likeness (QED) is 0.660. The summed E-state index contributed by atoms with van der Waals surface area (Å²) in [6.07, 6.45) is 0. The van der Waals surface area contributed by atoms with Gasteiger partial charge < -0.3 is 10.5 Å². The van der Waals surface area contributed by atoms with Crippen LogP contribution in [-0.2, 0) is 4.74 Å². The van der Waals surface area contributed by atoms with Crippen molar-refractivity contribution in [2.45, 2.75) is 13.8 Å². The van der Waals surface area contributed by atoms with Gasteiger partial charge >= 0.3 is 0 Å². The summed E-state index contributed by atoms with van der Waals surface area (Å²) in [7, 11) is 0. The fraction of sp³-hybridized carbons (Fsp3) is 1.00. The Kier molecular flexibility index (Phi) is 5.40. The monoisotopic (exact) mass is 201 g/mol. The molecule has 4 nitrogen and oxygen atoms in total. The number of nitrogens with two attached hydrogens (primary N) is 1. The molecule has 1 fully saturated rings. The average Bonchev–Trinajstić information content (AvgIpc) is 2.20. The first-order valence-electron chi connectivity index (χ1n) is 5.50. The zero-order chi connectivity index (χ0) is 10.4. The number of nitrogens with one attached hydrogen (secondary N) is 1. The van der Waals surface area contributed by atoms with Gasteiger partial charge in [-0.05, 0) is 18.4 Å². The molecule has 0 saturated carbocycles. The highest BCUT2D eigenvalue weighted by Gasteiger charge is 2.14. The van der Waals surface area contributed by atoms with Gasteiger partial charge in [0, 0.05) is 19.6 Å². The molecule has 1 saturated heterocycles. The van der Waals surface area contributed by atoms with Crippen LogP contribution in [0.3, 0.4) is 0 Å². The molecule has 0 radical (unpaired) electrons. The molecule has 1 aliphatic rings. The molecule has 0 amide bonds. The minimum Gasteiger partial charge on any atom is -0.379 e. The Balaban J connectivity index is 2.16. The van der Waals surface area contributed by atoms with E-state index in [2.05, 4.69) is 24.3 Å². The SMILES string of the molecule is CC(C)C(CN)CNN1CCOCC1. The van der Waals surface area contributed by atoms with Crippen LogP contribution >= 0.6 is 0 Å². The molecule has 3 N–H and O–H groups in total. The van der Waals surface area contributed by atoms with E-state index in [0.717, 1.165) is 39.4 Å². The van der Waals surface area contributed by atoms with Gasteiger partial charge in [-0.2, -0.15) is 0 Å². The van der Waals surface area contributed by atoms with Crippen LogP contribution < -0.4 is 11.2 Å². The molecule has 14 heavy (non-hydrogen) atoms. The second kappa shape index (κ2) is 6.35. The number of hydrazine groups is 1. The molecule has 1 unspecified atom stereocenters. The molecule has 0 aromatic heterocycles. The maximum atomic E-state index is 5.71. The highest BCUT2D eigenvalue weighted by molar-refractivity contribution is 4.67. The standard InChI is InChI=1S/C10H23N3O/c1-9(2)10(7-11)8-12-13-3-5-14-6-4-13/h9-10,12H,3-8,11H2,1-2H3. The van der Waals surface area contributed by atoms with E-state index in [1.165, 1.54) is 0 Å². The highest BCUT2D eigenvalue weighted by atomic mass is 16.5. The van der Waals surface area contributed by atoms with Crippen LogP contribution in [0.5, 0.6) is 0 Å². The van der Waals surface area contributed by atoms with E-state index in [-0.39, 0.29) is 0 Å². The van der Waals surface area contributed by atoms with Crippen molar-refractivity contribution in [1.29, 1.82) is 0 Å². The molecule has 1 heterocycles. The van der Waals surface area contributed by atoms with E-state index in [1.54, 1.807) is 0 Å².